The Labute approximate surface area is 174 Å². The minimum absolute atomic E-state index is 0.146. The fourth-order valence-electron chi connectivity index (χ4n) is 4.65. The Hall–Kier alpha value is -1.89. The van der Waals surface area contributed by atoms with Gasteiger partial charge in [0.2, 0.25) is 10.0 Å². The van der Waals surface area contributed by atoms with Gasteiger partial charge in [0, 0.05) is 26.2 Å². The molecule has 0 aliphatic carbocycles. The number of rotatable bonds is 4. The van der Waals surface area contributed by atoms with Crippen LogP contribution in [0.2, 0.25) is 0 Å². The zero-order chi connectivity index (χ0) is 20.8. The van der Waals surface area contributed by atoms with Gasteiger partial charge in [-0.1, -0.05) is 35.4 Å². The van der Waals surface area contributed by atoms with Crippen LogP contribution in [-0.2, 0) is 10.0 Å². The van der Waals surface area contributed by atoms with Crippen LogP contribution in [0.4, 0.5) is 0 Å². The van der Waals surface area contributed by atoms with Gasteiger partial charge < -0.3 is 9.64 Å². The first-order valence-electron chi connectivity index (χ1n) is 10.3. The van der Waals surface area contributed by atoms with E-state index in [0.717, 1.165) is 48.5 Å². The van der Waals surface area contributed by atoms with E-state index < -0.39 is 10.0 Å². The molecule has 2 bridgehead atoms. The first-order valence-corrected chi connectivity index (χ1v) is 11.7. The highest BCUT2D eigenvalue weighted by molar-refractivity contribution is 7.89. The van der Waals surface area contributed by atoms with E-state index in [9.17, 15) is 8.42 Å². The van der Waals surface area contributed by atoms with Crippen LogP contribution in [0.5, 0.6) is 5.75 Å². The Kier molecular flexibility index (Phi) is 5.44. The molecule has 29 heavy (non-hydrogen) atoms. The van der Waals surface area contributed by atoms with Gasteiger partial charge in [0.15, 0.2) is 0 Å². The van der Waals surface area contributed by atoms with Gasteiger partial charge in [0.25, 0.3) is 0 Å². The Morgan fingerprint density at radius 3 is 2.21 bits per heavy atom. The number of piperazine rings is 1. The van der Waals surface area contributed by atoms with E-state index in [2.05, 4.69) is 37.8 Å². The summed E-state index contributed by atoms with van der Waals surface area (Å²) in [5.41, 5.74) is 4.48. The maximum Gasteiger partial charge on any atom is 0.243 e. The molecule has 0 N–H and O–H groups in total. The predicted molar refractivity (Wildman–Crippen MR) is 115 cm³/mol. The molecule has 2 saturated heterocycles. The standard InChI is InChI=1S/C23H30N2O3S/c1-16-5-7-20(8-6-16)29(26,27)25-12-11-24-10-9-22(21(25)15-24)28-23-18(3)13-17(2)14-19(23)4/h5-8,13-14,21-22H,9-12,15H2,1-4H3/t21-,22+/m0/s1. The maximum atomic E-state index is 13.4. The summed E-state index contributed by atoms with van der Waals surface area (Å²) >= 11 is 0. The molecule has 6 heteroatoms. The van der Waals surface area contributed by atoms with Crippen LogP contribution in [0.25, 0.3) is 0 Å². The third-order valence-electron chi connectivity index (χ3n) is 6.11. The number of hydrogen-bond donors (Lipinski definition) is 0. The van der Waals surface area contributed by atoms with Crippen molar-refractivity contribution in [2.24, 2.45) is 0 Å². The van der Waals surface area contributed by atoms with Gasteiger partial charge in [-0.15, -0.1) is 0 Å². The van der Waals surface area contributed by atoms with Crippen molar-refractivity contribution in [3.8, 4) is 5.75 Å². The van der Waals surface area contributed by atoms with Crippen LogP contribution in [0, 0.1) is 27.7 Å². The van der Waals surface area contributed by atoms with Crippen LogP contribution >= 0.6 is 0 Å². The number of hydrogen-bond acceptors (Lipinski definition) is 4. The number of ether oxygens (including phenoxy) is 1. The van der Waals surface area contributed by atoms with E-state index in [4.69, 9.17) is 4.74 Å². The fourth-order valence-corrected chi connectivity index (χ4v) is 6.28. The van der Waals surface area contributed by atoms with Crippen LogP contribution in [0.15, 0.2) is 41.3 Å². The van der Waals surface area contributed by atoms with Gasteiger partial charge in [-0.2, -0.15) is 4.31 Å². The van der Waals surface area contributed by atoms with Crippen molar-refractivity contribution in [3.05, 3.63) is 58.7 Å². The largest absolute Gasteiger partial charge is 0.488 e. The molecule has 1 unspecified atom stereocenters. The summed E-state index contributed by atoms with van der Waals surface area (Å²) < 4.78 is 35.0. The molecule has 2 aliphatic heterocycles. The van der Waals surface area contributed by atoms with Crippen molar-refractivity contribution in [2.45, 2.75) is 51.2 Å². The van der Waals surface area contributed by atoms with Gasteiger partial charge in [0.1, 0.15) is 11.9 Å². The molecule has 3 atom stereocenters. The van der Waals surface area contributed by atoms with Gasteiger partial charge in [-0.25, -0.2) is 8.42 Å². The highest BCUT2D eigenvalue weighted by atomic mass is 32.2. The monoisotopic (exact) mass is 414 g/mol. The first-order chi connectivity index (χ1) is 13.8. The van der Waals surface area contributed by atoms with E-state index in [-0.39, 0.29) is 12.1 Å². The quantitative estimate of drug-likeness (QED) is 0.769. The molecule has 4 rings (SSSR count). The summed E-state index contributed by atoms with van der Waals surface area (Å²) in [5, 5.41) is 0. The first kappa shape index (κ1) is 20.4. The van der Waals surface area contributed by atoms with Crippen LogP contribution in [0.1, 0.15) is 28.7 Å². The summed E-state index contributed by atoms with van der Waals surface area (Å²) in [6.07, 6.45) is 0.684. The lowest BCUT2D eigenvalue weighted by atomic mass is 9.99. The van der Waals surface area contributed by atoms with Crippen molar-refractivity contribution >= 4 is 10.0 Å². The fraction of sp³-hybridized carbons (Fsp3) is 0.478. The minimum Gasteiger partial charge on any atom is -0.488 e. The topological polar surface area (TPSA) is 49.9 Å². The normalized spacial score (nSPS) is 25.0. The third-order valence-corrected chi connectivity index (χ3v) is 8.05. The van der Waals surface area contributed by atoms with Gasteiger partial charge in [-0.05, 0) is 57.4 Å². The molecule has 0 spiro atoms. The molecule has 2 aliphatic rings. The average molecular weight is 415 g/mol. The molecule has 2 aromatic rings. The molecular weight excluding hydrogens is 384 g/mol. The molecule has 2 heterocycles. The lowest BCUT2D eigenvalue weighted by Crippen LogP contribution is -2.64. The summed E-state index contributed by atoms with van der Waals surface area (Å²) in [6, 6.07) is 11.2. The van der Waals surface area contributed by atoms with Crippen molar-refractivity contribution in [1.29, 1.82) is 0 Å². The highest BCUT2D eigenvalue weighted by Gasteiger charge is 2.44. The Balaban J connectivity index is 1.64. The Morgan fingerprint density at radius 1 is 0.897 bits per heavy atom. The molecule has 5 nitrogen and oxygen atoms in total. The minimum atomic E-state index is -3.56. The maximum absolute atomic E-state index is 13.4. The third kappa shape index (κ3) is 3.93. The van der Waals surface area contributed by atoms with Gasteiger partial charge in [0.05, 0.1) is 10.9 Å². The molecular formula is C23H30N2O3S. The van der Waals surface area contributed by atoms with E-state index >= 15 is 0 Å². The molecule has 0 amide bonds. The van der Waals surface area contributed by atoms with Crippen LogP contribution < -0.4 is 4.74 Å². The number of benzene rings is 2. The number of sulfonamides is 1. The lowest BCUT2D eigenvalue weighted by molar-refractivity contribution is 0.00100. The van der Waals surface area contributed by atoms with Crippen molar-refractivity contribution < 1.29 is 13.2 Å². The van der Waals surface area contributed by atoms with Gasteiger partial charge in [-0.3, -0.25) is 0 Å². The number of piperidine rings is 1. The van der Waals surface area contributed by atoms with E-state index in [1.165, 1.54) is 5.56 Å². The molecule has 2 aromatic carbocycles. The van der Waals surface area contributed by atoms with E-state index in [0.29, 0.717) is 11.4 Å². The summed E-state index contributed by atoms with van der Waals surface area (Å²) in [5.74, 6) is 0.896. The van der Waals surface area contributed by atoms with Crippen LogP contribution in [-0.4, -0.2) is 55.9 Å². The second-order valence-corrected chi connectivity index (χ2v) is 10.4. The van der Waals surface area contributed by atoms with Crippen LogP contribution in [0.3, 0.4) is 0 Å². The zero-order valence-electron chi connectivity index (χ0n) is 17.7. The summed E-state index contributed by atoms with van der Waals surface area (Å²) in [4.78, 5) is 2.71. The van der Waals surface area contributed by atoms with Crippen molar-refractivity contribution in [1.82, 2.24) is 9.21 Å². The SMILES string of the molecule is Cc1ccc(S(=O)(=O)N2CCN3CC[C@@H](Oc4c(C)cc(C)cc4C)[C@@H]2C3)cc1. The Bertz CT molecular complexity index is 978. The zero-order valence-corrected chi connectivity index (χ0v) is 18.5. The summed E-state index contributed by atoms with van der Waals surface area (Å²) in [7, 11) is -3.56. The average Bonchev–Trinajstić information content (AvgIpc) is 2.66. The van der Waals surface area contributed by atoms with Crippen molar-refractivity contribution in [3.63, 3.8) is 0 Å². The molecule has 0 saturated carbocycles. The van der Waals surface area contributed by atoms with Crippen molar-refractivity contribution in [2.75, 3.05) is 26.2 Å². The second kappa shape index (κ2) is 7.74. The van der Waals surface area contributed by atoms with Gasteiger partial charge >= 0.3 is 0 Å². The predicted octanol–water partition coefficient (Wildman–Crippen LogP) is 3.45. The number of aryl methyl sites for hydroxylation is 4. The second-order valence-electron chi connectivity index (χ2n) is 8.47. The summed E-state index contributed by atoms with van der Waals surface area (Å²) in [6.45, 7) is 11.1. The number of fused-ring (bicyclic) bond motifs is 2. The number of nitrogens with zero attached hydrogens (tertiary/aromatic N) is 2. The lowest BCUT2D eigenvalue weighted by Gasteiger charge is -2.47. The molecule has 0 aromatic heterocycles. The molecule has 2 fully saturated rings. The Morgan fingerprint density at radius 2 is 1.55 bits per heavy atom. The van der Waals surface area contributed by atoms with E-state index in [1.807, 2.05) is 19.1 Å². The van der Waals surface area contributed by atoms with E-state index in [1.54, 1.807) is 16.4 Å². The smallest absolute Gasteiger partial charge is 0.243 e. The molecule has 156 valence electrons. The molecule has 0 radical (unpaired) electrons. The highest BCUT2D eigenvalue weighted by Crippen LogP contribution is 2.32.